The SMILES string of the molecule is CCN=C=S.CN=C=S.N=P.P. The lowest BCUT2D eigenvalue weighted by molar-refractivity contribution is 1.15. The summed E-state index contributed by atoms with van der Waals surface area (Å²) < 4.78 is 0. The Bertz CT molecular complexity index is 153. The number of hydrogen-bond acceptors (Lipinski definition) is 5. The van der Waals surface area contributed by atoms with Gasteiger partial charge in [0.25, 0.3) is 0 Å². The van der Waals surface area contributed by atoms with Crippen molar-refractivity contribution in [2.24, 2.45) is 9.98 Å². The van der Waals surface area contributed by atoms with Crippen LogP contribution in [0, 0.1) is 5.16 Å². The summed E-state index contributed by atoms with van der Waals surface area (Å²) in [6.45, 7) is 2.67. The fourth-order valence-corrected chi connectivity index (χ4v) is 0.194. The third-order valence-electron chi connectivity index (χ3n) is 0.314. The molecule has 0 saturated carbocycles. The lowest BCUT2D eigenvalue weighted by Crippen LogP contribution is -1.57. The van der Waals surface area contributed by atoms with Crippen LogP contribution < -0.4 is 0 Å². The van der Waals surface area contributed by atoms with E-state index in [1.54, 1.807) is 7.05 Å². The average molecular weight is 241 g/mol. The second-order valence-electron chi connectivity index (χ2n) is 0.881. The van der Waals surface area contributed by atoms with E-state index < -0.39 is 0 Å². The molecule has 1 unspecified atom stereocenters. The van der Waals surface area contributed by atoms with E-state index >= 15 is 0 Å². The summed E-state index contributed by atoms with van der Waals surface area (Å²) in [6, 6.07) is 0. The van der Waals surface area contributed by atoms with Crippen LogP contribution in [-0.2, 0) is 0 Å². The van der Waals surface area contributed by atoms with E-state index in [0.29, 0.717) is 0 Å². The van der Waals surface area contributed by atoms with Gasteiger partial charge in [-0.1, -0.05) is 0 Å². The molecule has 70 valence electrons. The zero-order valence-corrected chi connectivity index (χ0v) is 11.2. The largest absolute Gasteiger partial charge is 0.287 e. The van der Waals surface area contributed by atoms with Crippen LogP contribution >= 0.6 is 43.4 Å². The Morgan fingerprint density at radius 3 is 1.67 bits per heavy atom. The van der Waals surface area contributed by atoms with Crippen molar-refractivity contribution in [3.05, 3.63) is 0 Å². The molecular formula is C5H13N3P2S2. The summed E-state index contributed by atoms with van der Waals surface area (Å²) in [6.07, 6.45) is 0. The van der Waals surface area contributed by atoms with Crippen LogP contribution in [0.2, 0.25) is 0 Å². The van der Waals surface area contributed by atoms with E-state index in [9.17, 15) is 0 Å². The lowest BCUT2D eigenvalue weighted by Gasteiger charge is -1.60. The smallest absolute Gasteiger partial charge is 0.0584 e. The molecule has 12 heavy (non-hydrogen) atoms. The summed E-state index contributed by atoms with van der Waals surface area (Å²) >= 11 is 8.37. The number of nitrogens with one attached hydrogen (secondary N) is 1. The number of isothiocyanates is 2. The normalized spacial score (nSPS) is 4.17. The highest BCUT2D eigenvalue weighted by molar-refractivity contribution is 7.78. The number of thiocarbonyl (C=S) groups is 2. The molecule has 0 aromatic carbocycles. The van der Waals surface area contributed by atoms with Gasteiger partial charge in [0.05, 0.1) is 10.3 Å². The Morgan fingerprint density at radius 1 is 1.33 bits per heavy atom. The minimum atomic E-state index is 0. The maximum absolute atomic E-state index is 5.56. The summed E-state index contributed by atoms with van der Waals surface area (Å²) in [5.41, 5.74) is 0. The molecule has 0 rings (SSSR count). The number of hydrogen-bond donors (Lipinski definition) is 1. The molecule has 0 aromatic rings. The number of aliphatic imine (C=N–C) groups is 2. The molecule has 0 aliphatic heterocycles. The first-order valence-electron chi connectivity index (χ1n) is 2.58. The zero-order valence-electron chi connectivity index (χ0n) is 7.13. The van der Waals surface area contributed by atoms with E-state index in [4.69, 9.17) is 5.16 Å². The first-order valence-corrected chi connectivity index (χ1v) is 3.89. The summed E-state index contributed by atoms with van der Waals surface area (Å²) in [5.74, 6) is 0. The highest BCUT2D eigenvalue weighted by atomic mass is 32.1. The van der Waals surface area contributed by atoms with Crippen molar-refractivity contribution >= 4 is 53.7 Å². The van der Waals surface area contributed by atoms with E-state index in [2.05, 4.69) is 53.8 Å². The molecule has 1 atom stereocenters. The Hall–Kier alpha value is 0.130. The Labute approximate surface area is 89.5 Å². The Kier molecular flexibility index (Phi) is 82.2. The molecule has 3 nitrogen and oxygen atoms in total. The van der Waals surface area contributed by atoms with Crippen LogP contribution in [0.5, 0.6) is 0 Å². The van der Waals surface area contributed by atoms with Gasteiger partial charge in [0.2, 0.25) is 0 Å². The van der Waals surface area contributed by atoms with Gasteiger partial charge >= 0.3 is 0 Å². The number of rotatable bonds is 1. The molecule has 0 aliphatic carbocycles. The first-order chi connectivity index (χ1) is 5.33. The third kappa shape index (κ3) is 86.2. The van der Waals surface area contributed by atoms with Gasteiger partial charge in [-0.15, -0.1) is 0 Å². The van der Waals surface area contributed by atoms with Crippen LogP contribution in [0.25, 0.3) is 0 Å². The van der Waals surface area contributed by atoms with Gasteiger partial charge in [-0.2, -0.15) is 9.90 Å². The summed E-state index contributed by atoms with van der Waals surface area (Å²) in [7, 11) is 3.81. The van der Waals surface area contributed by atoms with Gasteiger partial charge in [-0.05, 0) is 40.4 Å². The molecule has 0 saturated heterocycles. The van der Waals surface area contributed by atoms with E-state index in [1.807, 2.05) is 6.92 Å². The Morgan fingerprint density at radius 2 is 1.67 bits per heavy atom. The van der Waals surface area contributed by atoms with Crippen LogP contribution in [0.4, 0.5) is 0 Å². The van der Waals surface area contributed by atoms with Crippen molar-refractivity contribution in [1.29, 1.82) is 5.16 Å². The van der Waals surface area contributed by atoms with Gasteiger partial charge in [0, 0.05) is 13.6 Å². The summed E-state index contributed by atoms with van der Waals surface area (Å²) in [5, 5.41) is 9.92. The molecule has 0 aromatic heterocycles. The topological polar surface area (TPSA) is 48.6 Å². The van der Waals surface area contributed by atoms with Crippen molar-refractivity contribution in [3.63, 3.8) is 0 Å². The van der Waals surface area contributed by atoms with Crippen molar-refractivity contribution in [3.8, 4) is 0 Å². The molecular weight excluding hydrogens is 228 g/mol. The molecule has 0 heterocycles. The predicted octanol–water partition coefficient (Wildman–Crippen LogP) is 2.78. The van der Waals surface area contributed by atoms with E-state index in [-0.39, 0.29) is 9.90 Å². The van der Waals surface area contributed by atoms with Gasteiger partial charge < -0.3 is 0 Å². The summed E-state index contributed by atoms with van der Waals surface area (Å²) in [4.78, 5) is 6.84. The highest BCUT2D eigenvalue weighted by Gasteiger charge is 1.49. The molecule has 0 radical (unpaired) electrons. The molecule has 0 spiro atoms. The fraction of sp³-hybridized carbons (Fsp3) is 0.600. The van der Waals surface area contributed by atoms with Crippen molar-refractivity contribution < 1.29 is 0 Å². The minimum absolute atomic E-state index is 0. The van der Waals surface area contributed by atoms with Crippen LogP contribution in [0.15, 0.2) is 9.98 Å². The van der Waals surface area contributed by atoms with Crippen molar-refractivity contribution in [2.75, 3.05) is 13.6 Å². The maximum Gasteiger partial charge on any atom is 0.0584 e. The molecule has 0 aliphatic rings. The predicted molar refractivity (Wildman–Crippen MR) is 68.7 cm³/mol. The molecule has 7 heteroatoms. The molecule has 1 N–H and O–H groups in total. The fourth-order valence-electron chi connectivity index (χ4n) is 0.0645. The van der Waals surface area contributed by atoms with Gasteiger partial charge in [0.15, 0.2) is 0 Å². The highest BCUT2D eigenvalue weighted by Crippen LogP contribution is 1.55. The quantitative estimate of drug-likeness (QED) is 0.436. The van der Waals surface area contributed by atoms with E-state index in [0.717, 1.165) is 6.54 Å². The van der Waals surface area contributed by atoms with E-state index in [1.165, 1.54) is 0 Å². The zero-order chi connectivity index (χ0) is 9.54. The van der Waals surface area contributed by atoms with Crippen LogP contribution in [-0.4, -0.2) is 23.9 Å². The molecule has 0 fully saturated rings. The maximum atomic E-state index is 5.56. The average Bonchev–Trinajstić information content (AvgIpc) is 2.10. The monoisotopic (exact) mass is 241 g/mol. The third-order valence-corrected chi connectivity index (χ3v) is 0.626. The van der Waals surface area contributed by atoms with Crippen LogP contribution in [0.1, 0.15) is 6.92 Å². The second kappa shape index (κ2) is 43.4. The Balaban J connectivity index is -0.0000000419. The van der Waals surface area contributed by atoms with Gasteiger partial charge in [-0.25, -0.2) is 9.98 Å². The lowest BCUT2D eigenvalue weighted by atomic mass is 10.8. The molecule has 0 bridgehead atoms. The minimum Gasteiger partial charge on any atom is -0.287 e. The van der Waals surface area contributed by atoms with Crippen molar-refractivity contribution in [1.82, 2.24) is 0 Å². The standard InChI is InChI=1S/C3H5NS.C2H3NS.H2NP.H3P/c1-2-4-3-5;1-3-2-4;1-2;/h2H2,1H3;1H3;1-2H;1H3. The van der Waals surface area contributed by atoms with Crippen molar-refractivity contribution in [2.45, 2.75) is 6.92 Å². The first kappa shape index (κ1) is 22.7. The van der Waals surface area contributed by atoms with Gasteiger partial charge in [-0.3, -0.25) is 5.16 Å². The van der Waals surface area contributed by atoms with Crippen LogP contribution in [0.3, 0.4) is 0 Å². The number of nitrogens with zero attached hydrogens (tertiary/aromatic N) is 2. The van der Waals surface area contributed by atoms with Gasteiger partial charge in [0.1, 0.15) is 0 Å². The molecule has 0 amide bonds. The second-order valence-corrected chi connectivity index (χ2v) is 1.25.